The third kappa shape index (κ3) is 3.78. The zero-order valence-corrected chi connectivity index (χ0v) is 14.0. The third-order valence-corrected chi connectivity index (χ3v) is 5.31. The second-order valence-electron chi connectivity index (χ2n) is 5.68. The lowest BCUT2D eigenvalue weighted by atomic mass is 9.96. The zero-order chi connectivity index (χ0) is 14.7. The van der Waals surface area contributed by atoms with Crippen molar-refractivity contribution < 1.29 is 0 Å². The van der Waals surface area contributed by atoms with E-state index in [4.69, 9.17) is 12.2 Å². The summed E-state index contributed by atoms with van der Waals surface area (Å²) < 4.78 is 2.87. The molecule has 112 valence electrons. The Labute approximate surface area is 135 Å². The predicted molar refractivity (Wildman–Crippen MR) is 90.2 cm³/mol. The Bertz CT molecular complexity index is 632. The summed E-state index contributed by atoms with van der Waals surface area (Å²) in [6.45, 7) is 4.01. The van der Waals surface area contributed by atoms with Crippen LogP contribution in [0.1, 0.15) is 29.8 Å². The smallest absolute Gasteiger partial charge is 0.180 e. The molecule has 1 atom stereocenters. The third-order valence-electron chi connectivity index (χ3n) is 4.09. The number of aryl methyl sites for hydroxylation is 1. The van der Waals surface area contributed by atoms with Gasteiger partial charge < -0.3 is 0 Å². The van der Waals surface area contributed by atoms with E-state index in [0.29, 0.717) is 6.04 Å². The molecule has 3 rings (SSSR count). The van der Waals surface area contributed by atoms with Crippen molar-refractivity contribution in [1.82, 2.24) is 14.7 Å². The number of aromatic nitrogens is 2. The molecule has 5 heteroatoms. The average Bonchev–Trinajstić information content (AvgIpc) is 2.80. The van der Waals surface area contributed by atoms with Crippen molar-refractivity contribution in [3.8, 4) is 0 Å². The number of hydrogen-bond donors (Lipinski definition) is 0. The van der Waals surface area contributed by atoms with E-state index >= 15 is 0 Å². The highest BCUT2D eigenvalue weighted by molar-refractivity contribution is 7.73. The van der Waals surface area contributed by atoms with Gasteiger partial charge in [-0.25, -0.2) is 4.68 Å². The Kier molecular flexibility index (Phi) is 4.83. The standard InChI is InChI=1S/C16H21N3S2/c1-13-17-19(16(20)21-13)12-18-10-6-5-9-15(18)11-14-7-3-2-4-8-14/h2-4,7-8,15H,5-6,9-12H2,1H3/t15-/m1/s1. The molecule has 0 N–H and O–H groups in total. The minimum absolute atomic E-state index is 0.602. The van der Waals surface area contributed by atoms with E-state index in [1.54, 1.807) is 11.3 Å². The second-order valence-corrected chi connectivity index (χ2v) is 7.51. The lowest BCUT2D eigenvalue weighted by Crippen LogP contribution is -2.42. The molecule has 21 heavy (non-hydrogen) atoms. The van der Waals surface area contributed by atoms with Crippen molar-refractivity contribution in [2.24, 2.45) is 0 Å². The number of hydrogen-bond acceptors (Lipinski definition) is 4. The van der Waals surface area contributed by atoms with Gasteiger partial charge in [-0.1, -0.05) is 48.1 Å². The Morgan fingerprint density at radius 3 is 2.81 bits per heavy atom. The lowest BCUT2D eigenvalue weighted by Gasteiger charge is -2.35. The van der Waals surface area contributed by atoms with Crippen molar-refractivity contribution in [1.29, 1.82) is 0 Å². The molecule has 1 aliphatic heterocycles. The fraction of sp³-hybridized carbons (Fsp3) is 0.500. The summed E-state index contributed by atoms with van der Waals surface area (Å²) >= 11 is 7.00. The molecule has 1 fully saturated rings. The Hall–Kier alpha value is -1.04. The average molecular weight is 319 g/mol. The van der Waals surface area contributed by atoms with Crippen molar-refractivity contribution in [3.05, 3.63) is 44.9 Å². The second kappa shape index (κ2) is 6.81. The summed E-state index contributed by atoms with van der Waals surface area (Å²) in [4.78, 5) is 2.55. The molecule has 1 aromatic heterocycles. The van der Waals surface area contributed by atoms with Crippen LogP contribution in [0.25, 0.3) is 0 Å². The normalized spacial score (nSPS) is 19.8. The molecular formula is C16H21N3S2. The fourth-order valence-electron chi connectivity index (χ4n) is 3.04. The highest BCUT2D eigenvalue weighted by Crippen LogP contribution is 2.22. The van der Waals surface area contributed by atoms with E-state index in [-0.39, 0.29) is 0 Å². The van der Waals surface area contributed by atoms with Crippen LogP contribution in [0.5, 0.6) is 0 Å². The van der Waals surface area contributed by atoms with Gasteiger partial charge in [0.15, 0.2) is 3.95 Å². The lowest BCUT2D eigenvalue weighted by molar-refractivity contribution is 0.103. The molecule has 2 aromatic rings. The van der Waals surface area contributed by atoms with Gasteiger partial charge in [-0.2, -0.15) is 5.10 Å². The minimum atomic E-state index is 0.602. The molecule has 0 unspecified atom stereocenters. The fourth-order valence-corrected chi connectivity index (χ4v) is 4.09. The maximum Gasteiger partial charge on any atom is 0.180 e. The summed E-state index contributed by atoms with van der Waals surface area (Å²) in [5, 5.41) is 5.59. The molecule has 0 saturated carbocycles. The molecule has 0 aliphatic carbocycles. The van der Waals surface area contributed by atoms with Crippen molar-refractivity contribution in [2.75, 3.05) is 6.54 Å². The Balaban J connectivity index is 1.72. The van der Waals surface area contributed by atoms with Gasteiger partial charge in [-0.05, 0) is 44.0 Å². The Morgan fingerprint density at radius 1 is 1.29 bits per heavy atom. The van der Waals surface area contributed by atoms with Crippen LogP contribution in [0.4, 0.5) is 0 Å². The first kappa shape index (κ1) is 14.9. The summed E-state index contributed by atoms with van der Waals surface area (Å²) in [5.41, 5.74) is 1.42. The number of nitrogens with zero attached hydrogens (tertiary/aromatic N) is 3. The number of benzene rings is 1. The van der Waals surface area contributed by atoms with Crippen LogP contribution in [-0.2, 0) is 13.1 Å². The maximum absolute atomic E-state index is 5.40. The first-order valence-corrected chi connectivity index (χ1v) is 8.77. The Morgan fingerprint density at radius 2 is 2.10 bits per heavy atom. The van der Waals surface area contributed by atoms with E-state index in [0.717, 1.165) is 28.6 Å². The molecule has 0 spiro atoms. The highest BCUT2D eigenvalue weighted by atomic mass is 32.1. The van der Waals surface area contributed by atoms with E-state index in [1.807, 2.05) is 11.6 Å². The molecule has 1 aliphatic rings. The first-order chi connectivity index (χ1) is 10.2. The molecule has 3 nitrogen and oxygen atoms in total. The topological polar surface area (TPSA) is 21.1 Å². The van der Waals surface area contributed by atoms with Gasteiger partial charge >= 0.3 is 0 Å². The van der Waals surface area contributed by atoms with Gasteiger partial charge in [0.2, 0.25) is 0 Å². The molecular weight excluding hydrogens is 298 g/mol. The SMILES string of the molecule is Cc1nn(CN2CCCC[C@@H]2Cc2ccccc2)c(=S)s1. The van der Waals surface area contributed by atoms with Crippen LogP contribution < -0.4 is 0 Å². The monoisotopic (exact) mass is 319 g/mol. The summed E-state index contributed by atoms with van der Waals surface area (Å²) in [7, 11) is 0. The van der Waals surface area contributed by atoms with Gasteiger partial charge in [0.05, 0.1) is 6.67 Å². The summed E-state index contributed by atoms with van der Waals surface area (Å²) in [6, 6.07) is 11.4. The summed E-state index contributed by atoms with van der Waals surface area (Å²) in [5.74, 6) is 0. The van der Waals surface area contributed by atoms with Gasteiger partial charge in [-0.15, -0.1) is 0 Å². The van der Waals surface area contributed by atoms with E-state index in [1.165, 1.54) is 24.8 Å². The molecule has 0 bridgehead atoms. The van der Waals surface area contributed by atoms with Gasteiger partial charge in [0.1, 0.15) is 5.01 Å². The number of rotatable bonds is 4. The highest BCUT2D eigenvalue weighted by Gasteiger charge is 2.23. The molecule has 0 amide bonds. The molecule has 1 saturated heterocycles. The van der Waals surface area contributed by atoms with E-state index in [2.05, 4.69) is 40.3 Å². The summed E-state index contributed by atoms with van der Waals surface area (Å²) in [6.07, 6.45) is 5.00. The molecule has 2 heterocycles. The van der Waals surface area contributed by atoms with Crippen molar-refractivity contribution in [2.45, 2.75) is 45.3 Å². The molecule has 1 aromatic carbocycles. The first-order valence-electron chi connectivity index (χ1n) is 7.55. The molecule has 0 radical (unpaired) electrons. The van der Waals surface area contributed by atoms with Crippen LogP contribution in [0.3, 0.4) is 0 Å². The van der Waals surface area contributed by atoms with Crippen LogP contribution >= 0.6 is 23.6 Å². The van der Waals surface area contributed by atoms with Crippen molar-refractivity contribution >= 4 is 23.6 Å². The minimum Gasteiger partial charge on any atom is -0.281 e. The zero-order valence-electron chi connectivity index (χ0n) is 12.4. The van der Waals surface area contributed by atoms with Gasteiger partial charge in [0.25, 0.3) is 0 Å². The number of piperidine rings is 1. The van der Waals surface area contributed by atoms with Crippen LogP contribution in [-0.4, -0.2) is 27.3 Å². The van der Waals surface area contributed by atoms with Gasteiger partial charge in [0, 0.05) is 12.6 Å². The van der Waals surface area contributed by atoms with Crippen LogP contribution in [0.2, 0.25) is 0 Å². The van der Waals surface area contributed by atoms with Crippen LogP contribution in [0.15, 0.2) is 30.3 Å². The van der Waals surface area contributed by atoms with Crippen molar-refractivity contribution in [3.63, 3.8) is 0 Å². The quantitative estimate of drug-likeness (QED) is 0.794. The van der Waals surface area contributed by atoms with Crippen LogP contribution in [0, 0.1) is 10.9 Å². The largest absolute Gasteiger partial charge is 0.281 e. The van der Waals surface area contributed by atoms with E-state index < -0.39 is 0 Å². The van der Waals surface area contributed by atoms with Gasteiger partial charge in [-0.3, -0.25) is 4.90 Å². The number of likely N-dealkylation sites (tertiary alicyclic amines) is 1. The maximum atomic E-state index is 5.40. The predicted octanol–water partition coefficient (Wildman–Crippen LogP) is 4.04. The van der Waals surface area contributed by atoms with E-state index in [9.17, 15) is 0 Å².